The van der Waals surface area contributed by atoms with E-state index in [0.717, 1.165) is 31.8 Å². The van der Waals surface area contributed by atoms with Gasteiger partial charge in [-0.15, -0.1) is 0 Å². The van der Waals surface area contributed by atoms with Gasteiger partial charge in [0, 0.05) is 26.1 Å². The summed E-state index contributed by atoms with van der Waals surface area (Å²) in [5, 5.41) is 0. The summed E-state index contributed by atoms with van der Waals surface area (Å²) in [5.74, 6) is 1.78. The molecule has 2 saturated heterocycles. The van der Waals surface area contributed by atoms with Crippen LogP contribution < -0.4 is 0 Å². The van der Waals surface area contributed by atoms with Gasteiger partial charge < -0.3 is 9.80 Å². The Labute approximate surface area is 108 Å². The van der Waals surface area contributed by atoms with Gasteiger partial charge in [0.15, 0.2) is 0 Å². The standard InChI is InChI=1S/C14H22N2O2/c1-10(11-4-5-11)9-15-8-6-13(17)16-7-2-3-12(16)14(15)18/h10-12H,2-9H2,1H3. The molecule has 3 rings (SSSR count). The minimum Gasteiger partial charge on any atom is -0.340 e. The number of hydrogen-bond acceptors (Lipinski definition) is 2. The van der Waals surface area contributed by atoms with Gasteiger partial charge in [0.1, 0.15) is 6.04 Å². The van der Waals surface area contributed by atoms with E-state index in [1.807, 2.05) is 9.80 Å². The second-order valence-corrected chi connectivity index (χ2v) is 6.09. The zero-order valence-corrected chi connectivity index (χ0v) is 11.1. The quantitative estimate of drug-likeness (QED) is 0.756. The van der Waals surface area contributed by atoms with Crippen molar-refractivity contribution in [1.82, 2.24) is 9.80 Å². The number of carbonyl (C=O) groups is 2. The normalized spacial score (nSPS) is 30.4. The maximum atomic E-state index is 12.5. The number of fused-ring (bicyclic) bond motifs is 1. The third-order valence-corrected chi connectivity index (χ3v) is 4.70. The molecule has 0 aromatic rings. The molecule has 0 N–H and O–H groups in total. The Morgan fingerprint density at radius 3 is 2.72 bits per heavy atom. The minimum atomic E-state index is -0.147. The molecule has 3 fully saturated rings. The molecular formula is C14H22N2O2. The molecule has 2 atom stereocenters. The molecule has 18 heavy (non-hydrogen) atoms. The molecule has 2 unspecified atom stereocenters. The third kappa shape index (κ3) is 2.13. The number of rotatable bonds is 3. The summed E-state index contributed by atoms with van der Waals surface area (Å²) in [4.78, 5) is 28.2. The van der Waals surface area contributed by atoms with Gasteiger partial charge in [-0.3, -0.25) is 9.59 Å². The van der Waals surface area contributed by atoms with E-state index in [0.29, 0.717) is 18.9 Å². The van der Waals surface area contributed by atoms with Crippen molar-refractivity contribution < 1.29 is 9.59 Å². The molecule has 3 aliphatic rings. The SMILES string of the molecule is CC(CN1CCC(=O)N2CCCC2C1=O)C1CC1. The summed E-state index contributed by atoms with van der Waals surface area (Å²) in [5.41, 5.74) is 0. The van der Waals surface area contributed by atoms with Crippen LogP contribution in [0.4, 0.5) is 0 Å². The first-order valence-electron chi connectivity index (χ1n) is 7.25. The van der Waals surface area contributed by atoms with Gasteiger partial charge in [0.2, 0.25) is 11.8 Å². The summed E-state index contributed by atoms with van der Waals surface area (Å²) < 4.78 is 0. The Kier molecular flexibility index (Phi) is 3.04. The fraction of sp³-hybridized carbons (Fsp3) is 0.857. The van der Waals surface area contributed by atoms with Crippen molar-refractivity contribution in [3.63, 3.8) is 0 Å². The van der Waals surface area contributed by atoms with E-state index in [1.54, 1.807) is 0 Å². The molecule has 2 aliphatic heterocycles. The van der Waals surface area contributed by atoms with Crippen molar-refractivity contribution >= 4 is 11.8 Å². The first-order chi connectivity index (χ1) is 8.66. The Morgan fingerprint density at radius 2 is 2.00 bits per heavy atom. The van der Waals surface area contributed by atoms with Gasteiger partial charge in [0.25, 0.3) is 0 Å². The van der Waals surface area contributed by atoms with E-state index >= 15 is 0 Å². The van der Waals surface area contributed by atoms with Crippen molar-refractivity contribution in [3.8, 4) is 0 Å². The lowest BCUT2D eigenvalue weighted by atomic mass is 10.1. The summed E-state index contributed by atoms with van der Waals surface area (Å²) in [6, 6.07) is -0.147. The Balaban J connectivity index is 1.70. The Bertz CT molecular complexity index is 365. The van der Waals surface area contributed by atoms with Crippen molar-refractivity contribution in [2.45, 2.75) is 45.1 Å². The average Bonchev–Trinajstić information content (AvgIpc) is 3.10. The highest BCUT2D eigenvalue weighted by atomic mass is 16.2. The van der Waals surface area contributed by atoms with Crippen LogP contribution in [0.1, 0.15) is 39.0 Å². The maximum Gasteiger partial charge on any atom is 0.245 e. The molecular weight excluding hydrogens is 228 g/mol. The fourth-order valence-corrected chi connectivity index (χ4v) is 3.36. The lowest BCUT2D eigenvalue weighted by Gasteiger charge is -2.27. The topological polar surface area (TPSA) is 40.6 Å². The van der Waals surface area contributed by atoms with Gasteiger partial charge >= 0.3 is 0 Å². The van der Waals surface area contributed by atoms with Crippen LogP contribution in [0.3, 0.4) is 0 Å². The van der Waals surface area contributed by atoms with E-state index < -0.39 is 0 Å². The van der Waals surface area contributed by atoms with Crippen molar-refractivity contribution in [2.75, 3.05) is 19.6 Å². The lowest BCUT2D eigenvalue weighted by Crippen LogP contribution is -2.45. The van der Waals surface area contributed by atoms with Gasteiger partial charge in [-0.2, -0.15) is 0 Å². The van der Waals surface area contributed by atoms with Crippen molar-refractivity contribution in [3.05, 3.63) is 0 Å². The molecule has 0 spiro atoms. The first kappa shape index (κ1) is 12.0. The summed E-state index contributed by atoms with van der Waals surface area (Å²) in [7, 11) is 0. The second-order valence-electron chi connectivity index (χ2n) is 6.09. The van der Waals surface area contributed by atoms with E-state index in [9.17, 15) is 9.59 Å². The van der Waals surface area contributed by atoms with Crippen LogP contribution in [0, 0.1) is 11.8 Å². The molecule has 0 radical (unpaired) electrons. The summed E-state index contributed by atoms with van der Waals surface area (Å²) >= 11 is 0. The van der Waals surface area contributed by atoms with Crippen LogP contribution >= 0.6 is 0 Å². The lowest BCUT2D eigenvalue weighted by molar-refractivity contribution is -0.139. The van der Waals surface area contributed by atoms with Crippen molar-refractivity contribution in [1.29, 1.82) is 0 Å². The second kappa shape index (κ2) is 4.56. The van der Waals surface area contributed by atoms with E-state index in [-0.39, 0.29) is 17.9 Å². The largest absolute Gasteiger partial charge is 0.340 e. The predicted octanol–water partition coefficient (Wildman–Crippen LogP) is 1.26. The molecule has 2 heterocycles. The van der Waals surface area contributed by atoms with E-state index in [2.05, 4.69) is 6.92 Å². The number of carbonyl (C=O) groups excluding carboxylic acids is 2. The monoisotopic (exact) mass is 250 g/mol. The van der Waals surface area contributed by atoms with Crippen LogP contribution in [0.15, 0.2) is 0 Å². The van der Waals surface area contributed by atoms with Crippen molar-refractivity contribution in [2.24, 2.45) is 11.8 Å². The Hall–Kier alpha value is -1.06. The summed E-state index contributed by atoms with van der Waals surface area (Å²) in [6.45, 7) is 4.49. The predicted molar refractivity (Wildman–Crippen MR) is 67.8 cm³/mol. The highest BCUT2D eigenvalue weighted by molar-refractivity contribution is 5.90. The van der Waals surface area contributed by atoms with Gasteiger partial charge in [-0.05, 0) is 37.5 Å². The third-order valence-electron chi connectivity index (χ3n) is 4.70. The molecule has 1 saturated carbocycles. The number of nitrogens with zero attached hydrogens (tertiary/aromatic N) is 2. The number of hydrogen-bond donors (Lipinski definition) is 0. The molecule has 2 amide bonds. The van der Waals surface area contributed by atoms with Crippen LogP contribution in [-0.4, -0.2) is 47.3 Å². The molecule has 0 bridgehead atoms. The Morgan fingerprint density at radius 1 is 1.22 bits per heavy atom. The fourth-order valence-electron chi connectivity index (χ4n) is 3.36. The zero-order chi connectivity index (χ0) is 12.7. The average molecular weight is 250 g/mol. The molecule has 100 valence electrons. The molecule has 0 aromatic heterocycles. The molecule has 4 heteroatoms. The van der Waals surface area contributed by atoms with Crippen LogP contribution in [0.25, 0.3) is 0 Å². The van der Waals surface area contributed by atoms with Gasteiger partial charge in [-0.1, -0.05) is 6.92 Å². The highest BCUT2D eigenvalue weighted by Crippen LogP contribution is 2.37. The van der Waals surface area contributed by atoms with Crippen LogP contribution in [-0.2, 0) is 9.59 Å². The van der Waals surface area contributed by atoms with E-state index in [4.69, 9.17) is 0 Å². The minimum absolute atomic E-state index is 0.147. The van der Waals surface area contributed by atoms with Crippen LogP contribution in [0.2, 0.25) is 0 Å². The smallest absolute Gasteiger partial charge is 0.245 e. The van der Waals surface area contributed by atoms with Gasteiger partial charge in [-0.25, -0.2) is 0 Å². The molecule has 0 aromatic carbocycles. The molecule has 4 nitrogen and oxygen atoms in total. The van der Waals surface area contributed by atoms with Gasteiger partial charge in [0.05, 0.1) is 0 Å². The number of amides is 2. The maximum absolute atomic E-state index is 12.5. The van der Waals surface area contributed by atoms with Crippen LogP contribution in [0.5, 0.6) is 0 Å². The zero-order valence-electron chi connectivity index (χ0n) is 11.1. The summed E-state index contributed by atoms with van der Waals surface area (Å²) in [6.07, 6.45) is 4.99. The highest BCUT2D eigenvalue weighted by Gasteiger charge is 2.40. The first-order valence-corrected chi connectivity index (χ1v) is 7.25. The molecule has 1 aliphatic carbocycles. The van der Waals surface area contributed by atoms with E-state index in [1.165, 1.54) is 12.8 Å².